The summed E-state index contributed by atoms with van der Waals surface area (Å²) >= 11 is 10.7. The van der Waals surface area contributed by atoms with Crippen molar-refractivity contribution < 1.29 is 4.57 Å². The zero-order valence-electron chi connectivity index (χ0n) is 6.85. The van der Waals surface area contributed by atoms with E-state index in [4.69, 9.17) is 22.5 Å². The first-order chi connectivity index (χ1) is 5.06. The van der Waals surface area contributed by atoms with Gasteiger partial charge in [-0.05, 0) is 28.9 Å². The molecule has 0 radical (unpaired) electrons. The van der Waals surface area contributed by atoms with E-state index in [0.29, 0.717) is 6.16 Å². The van der Waals surface area contributed by atoms with Gasteiger partial charge in [0.25, 0.3) is 5.85 Å². The Bertz CT molecular complexity index is 132. The van der Waals surface area contributed by atoms with Gasteiger partial charge in [-0.15, -0.1) is 0 Å². The van der Waals surface area contributed by atoms with Crippen LogP contribution in [0.5, 0.6) is 0 Å². The van der Waals surface area contributed by atoms with Gasteiger partial charge < -0.3 is 0 Å². The minimum absolute atomic E-state index is 0.472. The van der Waals surface area contributed by atoms with Crippen LogP contribution in [-0.4, -0.2) is 6.16 Å². The average molecular weight is 217 g/mol. The van der Waals surface area contributed by atoms with Crippen LogP contribution in [0.3, 0.4) is 0 Å². The Labute approximate surface area is 78.4 Å². The van der Waals surface area contributed by atoms with Gasteiger partial charge in [-0.2, -0.15) is 0 Å². The van der Waals surface area contributed by atoms with Gasteiger partial charge in [-0.3, -0.25) is 4.57 Å². The molecule has 68 valence electrons. The molecule has 0 aliphatic carbocycles. The second-order valence-corrected chi connectivity index (χ2v) is 8.09. The van der Waals surface area contributed by atoms with Gasteiger partial charge in [0.15, 0.2) is 0 Å². The lowest BCUT2D eigenvalue weighted by Crippen LogP contribution is -1.81. The molecule has 0 heterocycles. The second-order valence-electron chi connectivity index (χ2n) is 2.71. The van der Waals surface area contributed by atoms with Crippen molar-refractivity contribution in [1.29, 1.82) is 0 Å². The van der Waals surface area contributed by atoms with E-state index in [0.717, 1.165) is 12.8 Å². The average Bonchev–Trinajstić information content (AvgIpc) is 1.85. The summed E-state index contributed by atoms with van der Waals surface area (Å²) in [6.45, 7) is 2.16. The van der Waals surface area contributed by atoms with Crippen LogP contribution >= 0.6 is 28.3 Å². The Hall–Kier alpha value is 0.810. The highest BCUT2D eigenvalue weighted by Gasteiger charge is 2.11. The van der Waals surface area contributed by atoms with Crippen LogP contribution in [-0.2, 0) is 4.57 Å². The molecule has 0 N–H and O–H groups in total. The molecular weight excluding hydrogens is 202 g/mol. The van der Waals surface area contributed by atoms with E-state index in [-0.39, 0.29) is 0 Å². The Morgan fingerprint density at radius 1 is 1.09 bits per heavy atom. The molecule has 0 aromatic carbocycles. The van der Waals surface area contributed by atoms with Crippen LogP contribution in [0.1, 0.15) is 39.0 Å². The van der Waals surface area contributed by atoms with Crippen molar-refractivity contribution in [3.8, 4) is 0 Å². The normalized spacial score (nSPS) is 11.9. The third-order valence-corrected chi connectivity index (χ3v) is 3.37. The summed E-state index contributed by atoms with van der Waals surface area (Å²) in [7, 11) is 0. The molecule has 0 unspecified atom stereocenters. The van der Waals surface area contributed by atoms with Crippen LogP contribution in [0.25, 0.3) is 0 Å². The van der Waals surface area contributed by atoms with Crippen molar-refractivity contribution in [3.63, 3.8) is 0 Å². The zero-order chi connectivity index (χ0) is 8.74. The Morgan fingerprint density at radius 3 is 2.09 bits per heavy atom. The highest BCUT2D eigenvalue weighted by molar-refractivity contribution is 8.08. The fraction of sp³-hybridized carbons (Fsp3) is 1.00. The lowest BCUT2D eigenvalue weighted by molar-refractivity contribution is 0.587. The first-order valence-corrected chi connectivity index (χ1v) is 7.75. The molecule has 0 aliphatic heterocycles. The van der Waals surface area contributed by atoms with Gasteiger partial charge >= 0.3 is 0 Å². The Morgan fingerprint density at radius 2 is 1.64 bits per heavy atom. The van der Waals surface area contributed by atoms with Crippen LogP contribution in [0.4, 0.5) is 0 Å². The summed E-state index contributed by atoms with van der Waals surface area (Å²) in [6.07, 6.45) is 6.12. The van der Waals surface area contributed by atoms with Crippen molar-refractivity contribution in [2.75, 3.05) is 6.16 Å². The van der Waals surface area contributed by atoms with Gasteiger partial charge in [-0.25, -0.2) is 0 Å². The molecule has 0 aliphatic rings. The van der Waals surface area contributed by atoms with Crippen molar-refractivity contribution in [3.05, 3.63) is 0 Å². The molecule has 0 amide bonds. The summed E-state index contributed by atoms with van der Waals surface area (Å²) in [5.41, 5.74) is 0. The summed E-state index contributed by atoms with van der Waals surface area (Å²) in [5, 5.41) is 0. The molecule has 0 spiro atoms. The fourth-order valence-corrected chi connectivity index (χ4v) is 2.21. The molecule has 1 nitrogen and oxygen atoms in total. The first kappa shape index (κ1) is 11.8. The lowest BCUT2D eigenvalue weighted by atomic mass is 10.2. The van der Waals surface area contributed by atoms with Crippen LogP contribution in [0.2, 0.25) is 0 Å². The lowest BCUT2D eigenvalue weighted by Gasteiger charge is -2.00. The number of unbranched alkanes of at least 4 members (excludes halogenated alkanes) is 4. The Balaban J connectivity index is 3.09. The van der Waals surface area contributed by atoms with Crippen molar-refractivity contribution in [2.45, 2.75) is 39.0 Å². The van der Waals surface area contributed by atoms with E-state index < -0.39 is 5.85 Å². The molecule has 11 heavy (non-hydrogen) atoms. The minimum Gasteiger partial charge on any atom is -0.289 e. The van der Waals surface area contributed by atoms with E-state index in [2.05, 4.69) is 6.92 Å². The van der Waals surface area contributed by atoms with Gasteiger partial charge in [0, 0.05) is 6.16 Å². The fourth-order valence-electron chi connectivity index (χ4n) is 0.899. The molecule has 0 bridgehead atoms. The molecule has 4 heteroatoms. The Kier molecular flexibility index (Phi) is 6.81. The molecule has 0 rings (SSSR count). The van der Waals surface area contributed by atoms with Crippen LogP contribution < -0.4 is 0 Å². The van der Waals surface area contributed by atoms with Gasteiger partial charge in [0.05, 0.1) is 0 Å². The summed E-state index contributed by atoms with van der Waals surface area (Å²) in [5.74, 6) is -2.77. The molecule has 0 saturated heterocycles. The summed E-state index contributed by atoms with van der Waals surface area (Å²) in [6, 6.07) is 0. The van der Waals surface area contributed by atoms with Gasteiger partial charge in [0.2, 0.25) is 0 Å². The first-order valence-electron chi connectivity index (χ1n) is 4.04. The standard InChI is InChI=1S/C7H15Cl2OP/c1-2-3-4-5-6-7-11(8,9)10/h2-7H2,1H3. The van der Waals surface area contributed by atoms with E-state index in [1.54, 1.807) is 0 Å². The van der Waals surface area contributed by atoms with Gasteiger partial charge in [0.1, 0.15) is 0 Å². The maximum absolute atomic E-state index is 10.8. The topological polar surface area (TPSA) is 17.1 Å². The van der Waals surface area contributed by atoms with Crippen molar-refractivity contribution in [1.82, 2.24) is 0 Å². The molecule has 0 aromatic heterocycles. The van der Waals surface area contributed by atoms with Crippen LogP contribution in [0, 0.1) is 0 Å². The maximum Gasteiger partial charge on any atom is 0.253 e. The van der Waals surface area contributed by atoms with E-state index >= 15 is 0 Å². The second kappa shape index (κ2) is 6.34. The smallest absolute Gasteiger partial charge is 0.253 e. The zero-order valence-corrected chi connectivity index (χ0v) is 9.26. The van der Waals surface area contributed by atoms with E-state index in [1.165, 1.54) is 19.3 Å². The molecule has 0 atom stereocenters. The molecular formula is C7H15Cl2OP. The number of halogens is 2. The predicted octanol–water partition coefficient (Wildman–Crippen LogP) is 4.63. The monoisotopic (exact) mass is 216 g/mol. The summed E-state index contributed by atoms with van der Waals surface area (Å²) in [4.78, 5) is 0. The highest BCUT2D eigenvalue weighted by Crippen LogP contribution is 2.57. The largest absolute Gasteiger partial charge is 0.289 e. The van der Waals surface area contributed by atoms with Crippen LogP contribution in [0.15, 0.2) is 0 Å². The third kappa shape index (κ3) is 10.8. The number of hydrogen-bond acceptors (Lipinski definition) is 1. The van der Waals surface area contributed by atoms with E-state index in [9.17, 15) is 4.57 Å². The molecule has 0 saturated carbocycles. The molecule has 0 fully saturated rings. The van der Waals surface area contributed by atoms with Crippen molar-refractivity contribution >= 4 is 28.3 Å². The molecule has 0 aromatic rings. The number of hydrogen-bond donors (Lipinski definition) is 0. The quantitative estimate of drug-likeness (QED) is 0.468. The number of rotatable bonds is 6. The predicted molar refractivity (Wildman–Crippen MR) is 52.9 cm³/mol. The minimum atomic E-state index is -2.77. The highest BCUT2D eigenvalue weighted by atomic mass is 35.9. The maximum atomic E-state index is 10.8. The third-order valence-electron chi connectivity index (χ3n) is 1.52. The SMILES string of the molecule is CCCCCCCP(=O)(Cl)Cl. The summed E-state index contributed by atoms with van der Waals surface area (Å²) < 4.78 is 10.8. The van der Waals surface area contributed by atoms with E-state index in [1.807, 2.05) is 0 Å². The van der Waals surface area contributed by atoms with Gasteiger partial charge in [-0.1, -0.05) is 32.6 Å². The van der Waals surface area contributed by atoms with Crippen molar-refractivity contribution in [2.24, 2.45) is 0 Å².